The van der Waals surface area contributed by atoms with Crippen LogP contribution in [0.3, 0.4) is 0 Å². The molecule has 0 spiro atoms. The van der Waals surface area contributed by atoms with Crippen LogP contribution >= 0.6 is 0 Å². The molecule has 1 radical (unpaired) electrons. The number of pyridine rings is 6. The van der Waals surface area contributed by atoms with Gasteiger partial charge in [0.15, 0.2) is 0 Å². The summed E-state index contributed by atoms with van der Waals surface area (Å²) in [6.45, 7) is 22.2. The van der Waals surface area contributed by atoms with Crippen molar-refractivity contribution in [1.82, 2.24) is 0 Å². The first-order valence-electron chi connectivity index (χ1n) is 17.3. The summed E-state index contributed by atoms with van der Waals surface area (Å²) in [7, 11) is 0. The Balaban J connectivity index is 0.000000634. The van der Waals surface area contributed by atoms with Crippen molar-refractivity contribution >= 4 is 0 Å². The number of aryl methyl sites for hydroxylation is 12. The summed E-state index contributed by atoms with van der Waals surface area (Å²) in [6, 6.07) is 33.7. The first-order valence-corrected chi connectivity index (χ1v) is 17.3. The molecule has 0 saturated heterocycles. The van der Waals surface area contributed by atoms with Gasteiger partial charge in [0.05, 0.1) is 0 Å². The summed E-state index contributed by atoms with van der Waals surface area (Å²) < 4.78 is 7.00. The van der Waals surface area contributed by atoms with Crippen molar-refractivity contribution in [1.29, 1.82) is 0 Å². The molecule has 0 unspecified atom stereocenters. The first-order chi connectivity index (χ1) is 25.3. The Kier molecular flexibility index (Phi) is 22.0. The number of rotatable bonds is 0. The second-order valence-electron chi connectivity index (χ2n) is 12.7. The summed E-state index contributed by atoms with van der Waals surface area (Å²) in [6.07, 6.45) is 0. The van der Waals surface area contributed by atoms with E-state index in [0.717, 1.165) is 68.3 Å². The molecule has 6 rings (SSSR count). The Morgan fingerprint density at radius 1 is 0.218 bits per heavy atom. The van der Waals surface area contributed by atoms with E-state index >= 15 is 0 Å². The smallest absolute Gasteiger partial charge is 0.285 e. The zero-order chi connectivity index (χ0) is 41.1. The SMILES string of the molecule is Cc1cccc(C)[n+]1O.Cc1cccc(C)[n+]1O.Cc1cccc(C)[n+]1O.Cc1cccc(C)[n+]1O.Cc1cccc(C)[n+]1O.Cc1cccc(C)[n+]1O.[Cr+3]. The van der Waals surface area contributed by atoms with Crippen molar-refractivity contribution < 1.29 is 77.0 Å². The maximum Gasteiger partial charge on any atom is 3.00 e. The molecule has 0 saturated carbocycles. The van der Waals surface area contributed by atoms with Crippen LogP contribution in [0.1, 0.15) is 68.3 Å². The third-order valence-corrected chi connectivity index (χ3v) is 8.06. The molecular weight excluding hydrogens is 736 g/mol. The predicted octanol–water partition coefficient (Wildman–Crippen LogP) is 4.97. The maximum absolute atomic E-state index is 9.12. The van der Waals surface area contributed by atoms with Crippen LogP contribution in [-0.2, 0) is 17.4 Å². The number of hydrogen-bond donors (Lipinski definition) is 6. The van der Waals surface area contributed by atoms with E-state index in [4.69, 9.17) is 31.2 Å². The quantitative estimate of drug-likeness (QED) is 0.0948. The third-order valence-electron chi connectivity index (χ3n) is 8.06. The van der Waals surface area contributed by atoms with Crippen molar-refractivity contribution in [3.8, 4) is 0 Å². The van der Waals surface area contributed by atoms with Crippen LogP contribution in [0.5, 0.6) is 0 Å². The molecule has 0 aromatic carbocycles. The molecular formula is C42H60CrN6O6+9. The molecule has 0 aliphatic carbocycles. The van der Waals surface area contributed by atoms with Gasteiger partial charge in [-0.1, -0.05) is 0 Å². The summed E-state index contributed by atoms with van der Waals surface area (Å²) in [5.41, 5.74) is 10.3. The van der Waals surface area contributed by atoms with Crippen molar-refractivity contribution in [3.63, 3.8) is 0 Å². The summed E-state index contributed by atoms with van der Waals surface area (Å²) in [4.78, 5) is 0. The van der Waals surface area contributed by atoms with Crippen LogP contribution in [0.25, 0.3) is 0 Å². The molecule has 0 aliphatic heterocycles. The fourth-order valence-electron chi connectivity index (χ4n) is 4.48. The molecule has 291 valence electrons. The van der Waals surface area contributed by atoms with Crippen LogP contribution in [-0.4, -0.2) is 31.2 Å². The molecule has 0 fully saturated rings. The van der Waals surface area contributed by atoms with Crippen LogP contribution in [0.2, 0.25) is 0 Å². The topological polar surface area (TPSA) is 145 Å². The van der Waals surface area contributed by atoms with E-state index < -0.39 is 0 Å². The Morgan fingerprint density at radius 3 is 0.345 bits per heavy atom. The Labute approximate surface area is 336 Å². The predicted molar refractivity (Wildman–Crippen MR) is 200 cm³/mol. The second kappa shape index (κ2) is 24.5. The van der Waals surface area contributed by atoms with E-state index in [-0.39, 0.29) is 17.4 Å². The van der Waals surface area contributed by atoms with E-state index in [0.29, 0.717) is 0 Å². The van der Waals surface area contributed by atoms with Gasteiger partial charge < -0.3 is 0 Å². The van der Waals surface area contributed by atoms with Crippen molar-refractivity contribution in [2.24, 2.45) is 0 Å². The number of aromatic nitrogens is 6. The minimum Gasteiger partial charge on any atom is -0.285 e. The minimum absolute atomic E-state index is 0. The fraction of sp³-hybridized carbons (Fsp3) is 0.286. The van der Waals surface area contributed by atoms with Gasteiger partial charge in [-0.15, -0.1) is 0 Å². The van der Waals surface area contributed by atoms with E-state index in [9.17, 15) is 0 Å². The normalized spacial score (nSPS) is 9.38. The van der Waals surface area contributed by atoms with Gasteiger partial charge in [-0.2, -0.15) is 0 Å². The maximum atomic E-state index is 9.12. The molecule has 0 atom stereocenters. The summed E-state index contributed by atoms with van der Waals surface area (Å²) in [5, 5.41) is 54.7. The summed E-state index contributed by atoms with van der Waals surface area (Å²) in [5.74, 6) is 0. The molecule has 12 nitrogen and oxygen atoms in total. The Hall–Kier alpha value is -5.77. The zero-order valence-corrected chi connectivity index (χ0v) is 35.4. The van der Waals surface area contributed by atoms with E-state index in [1.54, 1.807) is 0 Å². The largest absolute Gasteiger partial charge is 3.00 e. The van der Waals surface area contributed by atoms with Gasteiger partial charge >= 0.3 is 17.4 Å². The molecule has 6 aromatic rings. The molecule has 0 aliphatic rings. The monoisotopic (exact) mass is 796 g/mol. The average molecular weight is 797 g/mol. The Bertz CT molecular complexity index is 1590. The molecule has 6 N–H and O–H groups in total. The van der Waals surface area contributed by atoms with Gasteiger partial charge in [0.2, 0.25) is 68.3 Å². The van der Waals surface area contributed by atoms with Gasteiger partial charge in [0.25, 0.3) is 0 Å². The van der Waals surface area contributed by atoms with Crippen molar-refractivity contribution in [2.45, 2.75) is 83.1 Å². The van der Waals surface area contributed by atoms with Gasteiger partial charge in [-0.3, -0.25) is 31.2 Å². The molecule has 13 heteroatoms. The first kappa shape index (κ1) is 49.2. The van der Waals surface area contributed by atoms with Crippen LogP contribution in [0.15, 0.2) is 109 Å². The van der Waals surface area contributed by atoms with Crippen LogP contribution in [0.4, 0.5) is 0 Å². The van der Waals surface area contributed by atoms with E-state index in [2.05, 4.69) is 0 Å². The minimum atomic E-state index is 0. The number of nitrogens with zero attached hydrogens (tertiary/aromatic N) is 6. The van der Waals surface area contributed by atoms with Gasteiger partial charge in [0.1, 0.15) is 0 Å². The average Bonchev–Trinajstić information content (AvgIpc) is 3.13. The second-order valence-corrected chi connectivity index (χ2v) is 12.7. The van der Waals surface area contributed by atoms with Gasteiger partial charge in [-0.05, 0) is 36.4 Å². The fourth-order valence-corrected chi connectivity index (χ4v) is 4.48. The molecule has 0 amide bonds. The third kappa shape index (κ3) is 16.8. The standard InChI is InChI=1S/6C7H10NO.Cr/c6*1-6-4-3-5-7(2)8(6)9;/h6*3-5,9H,1-2H3;/q6*+1;+3. The van der Waals surface area contributed by atoms with Crippen molar-refractivity contribution in [3.05, 3.63) is 178 Å². The van der Waals surface area contributed by atoms with Crippen LogP contribution < -0.4 is 28.4 Å². The molecule has 55 heavy (non-hydrogen) atoms. The van der Waals surface area contributed by atoms with Gasteiger partial charge in [-0.25, -0.2) is 0 Å². The van der Waals surface area contributed by atoms with Crippen molar-refractivity contribution in [2.75, 3.05) is 0 Å². The van der Waals surface area contributed by atoms with Gasteiger partial charge in [0, 0.05) is 184 Å². The van der Waals surface area contributed by atoms with E-state index in [1.807, 2.05) is 192 Å². The molecule has 6 aromatic heterocycles. The van der Waals surface area contributed by atoms with E-state index in [1.165, 1.54) is 28.4 Å². The Morgan fingerprint density at radius 2 is 0.291 bits per heavy atom. The van der Waals surface area contributed by atoms with Crippen LogP contribution in [0, 0.1) is 83.1 Å². The number of hydrogen-bond acceptors (Lipinski definition) is 6. The zero-order valence-electron chi connectivity index (χ0n) is 34.2. The summed E-state index contributed by atoms with van der Waals surface area (Å²) >= 11 is 0. The molecule has 6 heterocycles. The molecule has 0 bridgehead atoms.